The van der Waals surface area contributed by atoms with Gasteiger partial charge in [-0.15, -0.1) is 0 Å². The highest BCUT2D eigenvalue weighted by Gasteiger charge is 2.35. The van der Waals surface area contributed by atoms with Gasteiger partial charge < -0.3 is 21.7 Å². The van der Waals surface area contributed by atoms with Crippen molar-refractivity contribution >= 4 is 85.8 Å². The number of anilines is 5. The molecule has 0 radical (unpaired) electrons. The Bertz CT molecular complexity index is 1350. The lowest BCUT2D eigenvalue weighted by Gasteiger charge is -2.18. The van der Waals surface area contributed by atoms with E-state index in [0.29, 0.717) is 16.3 Å². The Balaban J connectivity index is 2.05. The number of primary amides is 1. The number of nitrogens with zero attached hydrogens (tertiary/aromatic N) is 2. The monoisotopic (exact) mass is 722 g/mol. The van der Waals surface area contributed by atoms with E-state index >= 15 is 0 Å². The summed E-state index contributed by atoms with van der Waals surface area (Å²) in [6, 6.07) is 9.53. The Morgan fingerprint density at radius 2 is 1.81 bits per heavy atom. The Morgan fingerprint density at radius 1 is 1.08 bits per heavy atom. The van der Waals surface area contributed by atoms with Crippen molar-refractivity contribution in [3.63, 3.8) is 0 Å². The third kappa shape index (κ3) is 6.83. The summed E-state index contributed by atoms with van der Waals surface area (Å²) in [4.78, 5) is 31.6. The smallest absolute Gasteiger partial charge is 0.366 e. The molecule has 0 bridgehead atoms. The first-order chi connectivity index (χ1) is 16.9. The van der Waals surface area contributed by atoms with Crippen LogP contribution < -0.4 is 21.7 Å². The number of nitrogens with one attached hydrogen (secondary N) is 3. The number of amides is 2. The molecule has 0 spiro atoms. The summed E-state index contributed by atoms with van der Waals surface area (Å²) in [6.07, 6.45) is -4.11. The highest BCUT2D eigenvalue weighted by atomic mass is 127. The van der Waals surface area contributed by atoms with Gasteiger partial charge in [-0.1, -0.05) is 41.3 Å². The molecule has 2 aromatic carbocycles. The van der Waals surface area contributed by atoms with Crippen molar-refractivity contribution in [2.24, 2.45) is 5.73 Å². The number of carbonyl (C=O) groups is 2. The number of hydrogen-bond donors (Lipinski definition) is 4. The second-order valence-electron chi connectivity index (χ2n) is 7.48. The van der Waals surface area contributed by atoms with Crippen LogP contribution in [-0.2, 0) is 15.4 Å². The van der Waals surface area contributed by atoms with E-state index in [2.05, 4.69) is 55.1 Å². The molecule has 0 aliphatic rings. The van der Waals surface area contributed by atoms with E-state index in [1.165, 1.54) is 12.1 Å². The van der Waals surface area contributed by atoms with Crippen LogP contribution in [0.1, 0.15) is 27.0 Å². The molecule has 5 N–H and O–H groups in total. The van der Waals surface area contributed by atoms with E-state index < -0.39 is 29.4 Å². The van der Waals surface area contributed by atoms with Gasteiger partial charge in [-0.3, -0.25) is 9.59 Å². The Kier molecular flexibility index (Phi) is 8.76. The maximum atomic E-state index is 13.8. The van der Waals surface area contributed by atoms with Gasteiger partial charge in [0.2, 0.25) is 11.9 Å². The first-order valence-electron chi connectivity index (χ1n) is 10.1. The minimum absolute atomic E-state index is 0.142. The van der Waals surface area contributed by atoms with Crippen molar-refractivity contribution < 1.29 is 22.8 Å². The molecule has 1 aromatic heterocycles. The van der Waals surface area contributed by atoms with Crippen molar-refractivity contribution in [2.75, 3.05) is 16.0 Å². The van der Waals surface area contributed by atoms with Crippen molar-refractivity contribution in [3.05, 3.63) is 75.0 Å². The van der Waals surface area contributed by atoms with Gasteiger partial charge in [0, 0.05) is 21.9 Å². The fourth-order valence-corrected chi connectivity index (χ4v) is 3.82. The molecule has 0 aliphatic heterocycles. The molecular formula is C23H19F3I2N6O2. The summed E-state index contributed by atoms with van der Waals surface area (Å²) in [5.41, 5.74) is 6.86. The Labute approximate surface area is 231 Å². The van der Waals surface area contributed by atoms with E-state index in [0.717, 1.165) is 11.1 Å². The zero-order chi connectivity index (χ0) is 26.6. The molecule has 1 heterocycles. The first kappa shape index (κ1) is 27.6. The maximum Gasteiger partial charge on any atom is 0.421 e. The molecule has 13 heteroatoms. The van der Waals surface area contributed by atoms with Crippen LogP contribution in [0.25, 0.3) is 0 Å². The number of alkyl halides is 4. The standard InChI is InChI=1S/C23H19F3I2N6O2/c1-11-3-6-16(18(7-11)32-21(36)12(2)28)31-20-15(23(24,25)26)10-30-22(34-20)33-17-8-13(19(29)35)4-5-14(17)9-27/h3-8,10H,2,9H2,1H3,(H2,29,35)(H,32,36)(H2,30,31,33,34). The SMILES string of the molecule is C=C(I)C(=O)Nc1cc(C)ccc1Nc1nc(Nc2cc(C(N)=O)ccc2CI)ncc1C(F)(F)F. The minimum atomic E-state index is -4.76. The summed E-state index contributed by atoms with van der Waals surface area (Å²) >= 11 is 3.86. The number of hydrogen-bond acceptors (Lipinski definition) is 6. The lowest BCUT2D eigenvalue weighted by atomic mass is 10.1. The average Bonchev–Trinajstić information content (AvgIpc) is 2.80. The molecule has 0 fully saturated rings. The van der Waals surface area contributed by atoms with Gasteiger partial charge in [0.15, 0.2) is 0 Å². The lowest BCUT2D eigenvalue weighted by Crippen LogP contribution is -2.15. The number of halogens is 5. The molecule has 3 rings (SSSR count). The van der Waals surface area contributed by atoms with Crippen molar-refractivity contribution in [1.29, 1.82) is 0 Å². The van der Waals surface area contributed by atoms with E-state index in [4.69, 9.17) is 5.73 Å². The van der Waals surface area contributed by atoms with Gasteiger partial charge >= 0.3 is 6.18 Å². The van der Waals surface area contributed by atoms with Gasteiger partial charge in [-0.2, -0.15) is 18.2 Å². The average molecular weight is 722 g/mol. The van der Waals surface area contributed by atoms with Crippen LogP contribution in [-0.4, -0.2) is 21.8 Å². The highest BCUT2D eigenvalue weighted by molar-refractivity contribution is 14.1. The van der Waals surface area contributed by atoms with Gasteiger partial charge in [0.25, 0.3) is 5.91 Å². The second kappa shape index (κ2) is 11.4. The van der Waals surface area contributed by atoms with E-state index in [-0.39, 0.29) is 26.5 Å². The number of aromatic nitrogens is 2. The van der Waals surface area contributed by atoms with Crippen LogP contribution >= 0.6 is 45.2 Å². The molecule has 0 atom stereocenters. The van der Waals surface area contributed by atoms with Crippen LogP contribution in [0.15, 0.2) is 52.8 Å². The quantitative estimate of drug-likeness (QED) is 0.125. The van der Waals surface area contributed by atoms with Gasteiger partial charge in [-0.25, -0.2) is 4.98 Å². The third-order valence-electron chi connectivity index (χ3n) is 4.80. The fraction of sp³-hybridized carbons (Fsp3) is 0.130. The van der Waals surface area contributed by atoms with E-state index in [1.807, 2.05) is 0 Å². The molecule has 36 heavy (non-hydrogen) atoms. The fourth-order valence-electron chi connectivity index (χ4n) is 3.02. The topological polar surface area (TPSA) is 122 Å². The van der Waals surface area contributed by atoms with Crippen LogP contribution in [0.4, 0.5) is 42.0 Å². The Morgan fingerprint density at radius 3 is 2.42 bits per heavy atom. The predicted octanol–water partition coefficient (Wildman–Crippen LogP) is 6.21. The zero-order valence-corrected chi connectivity index (χ0v) is 22.9. The molecule has 0 saturated heterocycles. The van der Waals surface area contributed by atoms with Gasteiger partial charge in [-0.05, 0) is 64.9 Å². The first-order valence-corrected chi connectivity index (χ1v) is 12.7. The van der Waals surface area contributed by atoms with Crippen LogP contribution in [0.3, 0.4) is 0 Å². The summed E-state index contributed by atoms with van der Waals surface area (Å²) in [6.45, 7) is 5.34. The van der Waals surface area contributed by atoms with Crippen LogP contribution in [0, 0.1) is 6.92 Å². The maximum absolute atomic E-state index is 13.8. The largest absolute Gasteiger partial charge is 0.421 e. The van der Waals surface area contributed by atoms with Gasteiger partial charge in [0.1, 0.15) is 11.4 Å². The molecular weight excluding hydrogens is 703 g/mol. The van der Waals surface area contributed by atoms with E-state index in [9.17, 15) is 22.8 Å². The highest BCUT2D eigenvalue weighted by Crippen LogP contribution is 2.37. The minimum Gasteiger partial charge on any atom is -0.366 e. The summed E-state index contributed by atoms with van der Waals surface area (Å²) in [7, 11) is 0. The molecule has 3 aromatic rings. The molecule has 188 valence electrons. The molecule has 0 unspecified atom stereocenters. The summed E-state index contributed by atoms with van der Waals surface area (Å²) in [5.74, 6) is -1.82. The second-order valence-corrected chi connectivity index (χ2v) is 9.55. The van der Waals surface area contributed by atoms with E-state index in [1.54, 1.807) is 53.8 Å². The predicted molar refractivity (Wildman–Crippen MR) is 149 cm³/mol. The molecule has 8 nitrogen and oxygen atoms in total. The number of nitrogens with two attached hydrogens (primary N) is 1. The molecule has 0 saturated carbocycles. The number of benzene rings is 2. The molecule has 2 amide bonds. The van der Waals surface area contributed by atoms with Crippen molar-refractivity contribution in [3.8, 4) is 0 Å². The number of carbonyl (C=O) groups excluding carboxylic acids is 2. The van der Waals surface area contributed by atoms with Gasteiger partial charge in [0.05, 0.1) is 15.0 Å². The number of aryl methyl sites for hydroxylation is 1. The zero-order valence-electron chi connectivity index (χ0n) is 18.6. The number of rotatable bonds is 8. The summed E-state index contributed by atoms with van der Waals surface area (Å²) < 4.78 is 42.1. The molecule has 0 aliphatic carbocycles. The lowest BCUT2D eigenvalue weighted by molar-refractivity contribution is -0.137. The normalized spacial score (nSPS) is 11.1. The van der Waals surface area contributed by atoms with Crippen molar-refractivity contribution in [2.45, 2.75) is 17.5 Å². The summed E-state index contributed by atoms with van der Waals surface area (Å²) in [5, 5.41) is 8.16. The van der Waals surface area contributed by atoms with Crippen LogP contribution in [0.2, 0.25) is 0 Å². The Hall–Kier alpha value is -2.95. The van der Waals surface area contributed by atoms with Crippen LogP contribution in [0.5, 0.6) is 0 Å². The third-order valence-corrected chi connectivity index (χ3v) is 6.11. The van der Waals surface area contributed by atoms with Crippen molar-refractivity contribution in [1.82, 2.24) is 9.97 Å².